The van der Waals surface area contributed by atoms with Crippen LogP contribution in [0.25, 0.3) is 0 Å². The molecule has 2 fully saturated rings. The van der Waals surface area contributed by atoms with Crippen LogP contribution >= 0.6 is 0 Å². The van der Waals surface area contributed by atoms with Crippen molar-refractivity contribution in [2.24, 2.45) is 7.05 Å². The lowest BCUT2D eigenvalue weighted by Crippen LogP contribution is -2.50. The summed E-state index contributed by atoms with van der Waals surface area (Å²) in [6.07, 6.45) is 2.74. The molecule has 0 saturated carbocycles. The van der Waals surface area contributed by atoms with E-state index in [4.69, 9.17) is 4.74 Å². The summed E-state index contributed by atoms with van der Waals surface area (Å²) >= 11 is 0. The van der Waals surface area contributed by atoms with Crippen molar-refractivity contribution in [1.29, 1.82) is 0 Å². The minimum absolute atomic E-state index is 0.184. The van der Waals surface area contributed by atoms with Gasteiger partial charge in [-0.3, -0.25) is 9.47 Å². The lowest BCUT2D eigenvalue weighted by molar-refractivity contribution is -0.0341. The quantitative estimate of drug-likeness (QED) is 0.673. The van der Waals surface area contributed by atoms with Gasteiger partial charge in [0.15, 0.2) is 0 Å². The zero-order valence-corrected chi connectivity index (χ0v) is 18.5. The Morgan fingerprint density at radius 1 is 1.16 bits per heavy atom. The van der Waals surface area contributed by atoms with E-state index in [1.54, 1.807) is 6.92 Å². The van der Waals surface area contributed by atoms with E-state index in [-0.39, 0.29) is 31.3 Å². The van der Waals surface area contributed by atoms with E-state index >= 15 is 0 Å². The molecule has 2 bridgehead atoms. The maximum atomic E-state index is 14.9. The first kappa shape index (κ1) is 21.9. The van der Waals surface area contributed by atoms with Crippen LogP contribution in [0.1, 0.15) is 42.6 Å². The topological polar surface area (TPSA) is 69.4 Å². The molecule has 1 aromatic carbocycles. The van der Waals surface area contributed by atoms with Crippen molar-refractivity contribution >= 4 is 0 Å². The number of nitrogens with zero attached hydrogens (tertiary/aromatic N) is 4. The third-order valence-electron chi connectivity index (χ3n) is 6.69. The molecule has 7 nitrogen and oxygen atoms in total. The second kappa shape index (κ2) is 9.04. The van der Waals surface area contributed by atoms with Gasteiger partial charge in [-0.25, -0.2) is 18.5 Å². The summed E-state index contributed by atoms with van der Waals surface area (Å²) in [5.41, 5.74) is 1.20. The maximum absolute atomic E-state index is 14.9. The molecule has 3 heterocycles. The molecule has 2 aliphatic heterocycles. The summed E-state index contributed by atoms with van der Waals surface area (Å²) in [5.74, 6) is 0.326. The predicted octanol–water partition coefficient (Wildman–Crippen LogP) is 2.11. The molecule has 0 amide bonds. The van der Waals surface area contributed by atoms with E-state index in [9.17, 15) is 14.0 Å². The highest BCUT2D eigenvalue weighted by molar-refractivity contribution is 5.21. The van der Waals surface area contributed by atoms with Gasteiger partial charge in [0.25, 0.3) is 0 Å². The summed E-state index contributed by atoms with van der Waals surface area (Å²) in [6.45, 7) is 4.23. The first-order valence-corrected chi connectivity index (χ1v) is 11.0. The summed E-state index contributed by atoms with van der Waals surface area (Å²) in [7, 11) is 1.54. The number of rotatable bonds is 7. The van der Waals surface area contributed by atoms with Gasteiger partial charge >= 0.3 is 11.4 Å². The molecule has 0 radical (unpaired) electrons. The fourth-order valence-electron chi connectivity index (χ4n) is 4.99. The Kier molecular flexibility index (Phi) is 6.39. The molecule has 0 spiro atoms. The second-order valence-corrected chi connectivity index (χ2v) is 8.97. The normalized spacial score (nSPS) is 24.5. The number of benzene rings is 1. The molecule has 2 saturated heterocycles. The third-order valence-corrected chi connectivity index (χ3v) is 6.69. The Morgan fingerprint density at radius 2 is 1.87 bits per heavy atom. The van der Waals surface area contributed by atoms with Gasteiger partial charge in [-0.1, -0.05) is 29.8 Å². The van der Waals surface area contributed by atoms with Crippen molar-refractivity contribution in [1.82, 2.24) is 19.0 Å². The molecule has 4 rings (SSSR count). The predicted molar refractivity (Wildman–Crippen MR) is 116 cm³/mol. The molecule has 3 unspecified atom stereocenters. The average molecular weight is 431 g/mol. The van der Waals surface area contributed by atoms with Crippen LogP contribution in [-0.2, 0) is 24.9 Å². The third kappa shape index (κ3) is 4.80. The Hall–Kier alpha value is -2.32. The van der Waals surface area contributed by atoms with Crippen LogP contribution in [0.2, 0.25) is 0 Å². The lowest BCUT2D eigenvalue weighted by Gasteiger charge is -2.39. The SMILES string of the molecule is Cc1cccc(COC2CC3CCC(C2)N3CC(F)Cn2c(=O)nc(C)n(C)c2=O)c1. The van der Waals surface area contributed by atoms with E-state index in [2.05, 4.69) is 35.0 Å². The summed E-state index contributed by atoms with van der Waals surface area (Å²) in [5, 5.41) is 0. The van der Waals surface area contributed by atoms with E-state index in [1.165, 1.54) is 22.7 Å². The van der Waals surface area contributed by atoms with Crippen molar-refractivity contribution in [3.63, 3.8) is 0 Å². The monoisotopic (exact) mass is 430 g/mol. The molecule has 0 N–H and O–H groups in total. The molecule has 0 aliphatic carbocycles. The minimum atomic E-state index is -1.30. The Labute approximate surface area is 181 Å². The number of alkyl halides is 1. The fraction of sp³-hybridized carbons (Fsp3) is 0.609. The van der Waals surface area contributed by atoms with Crippen LogP contribution < -0.4 is 11.4 Å². The number of aromatic nitrogens is 3. The van der Waals surface area contributed by atoms with Crippen LogP contribution in [-0.4, -0.2) is 49.9 Å². The standard InChI is InChI=1S/C23H31FN4O3/c1-15-5-4-6-17(9-15)14-31-21-10-19-7-8-20(11-21)27(19)12-18(24)13-28-22(29)25-16(2)26(3)23(28)30/h4-6,9,18-21H,7-8,10-14H2,1-3H3. The number of fused-ring (bicyclic) bond motifs is 2. The molecule has 1 aromatic heterocycles. The van der Waals surface area contributed by atoms with E-state index < -0.39 is 17.6 Å². The maximum Gasteiger partial charge on any atom is 0.353 e. The van der Waals surface area contributed by atoms with E-state index in [0.29, 0.717) is 12.4 Å². The number of halogens is 1. The van der Waals surface area contributed by atoms with Crippen LogP contribution in [0.5, 0.6) is 0 Å². The van der Waals surface area contributed by atoms with Crippen molar-refractivity contribution < 1.29 is 9.13 Å². The van der Waals surface area contributed by atoms with Crippen molar-refractivity contribution in [2.45, 2.75) is 77.0 Å². The van der Waals surface area contributed by atoms with Gasteiger partial charge in [-0.2, -0.15) is 4.98 Å². The molecule has 2 aromatic rings. The van der Waals surface area contributed by atoms with Crippen molar-refractivity contribution in [2.75, 3.05) is 6.54 Å². The van der Waals surface area contributed by atoms with E-state index in [0.717, 1.165) is 30.3 Å². The van der Waals surface area contributed by atoms with Crippen molar-refractivity contribution in [3.8, 4) is 0 Å². The van der Waals surface area contributed by atoms with E-state index in [1.807, 2.05) is 6.07 Å². The Morgan fingerprint density at radius 3 is 2.55 bits per heavy atom. The summed E-state index contributed by atoms with van der Waals surface area (Å²) in [6, 6.07) is 8.92. The van der Waals surface area contributed by atoms with Crippen LogP contribution in [0, 0.1) is 13.8 Å². The molecule has 31 heavy (non-hydrogen) atoms. The smallest absolute Gasteiger partial charge is 0.353 e. The summed E-state index contributed by atoms with van der Waals surface area (Å²) < 4.78 is 23.3. The van der Waals surface area contributed by atoms with Gasteiger partial charge in [0.05, 0.1) is 19.3 Å². The number of ether oxygens (including phenoxy) is 1. The number of hydrogen-bond acceptors (Lipinski definition) is 5. The Balaban J connectivity index is 1.34. The average Bonchev–Trinajstić information content (AvgIpc) is 2.95. The zero-order valence-electron chi connectivity index (χ0n) is 18.5. The largest absolute Gasteiger partial charge is 0.373 e. The number of piperidine rings is 1. The van der Waals surface area contributed by atoms with Gasteiger partial charge in [0.1, 0.15) is 12.0 Å². The molecule has 8 heteroatoms. The highest BCUT2D eigenvalue weighted by Crippen LogP contribution is 2.37. The number of aryl methyl sites for hydroxylation is 2. The number of hydrogen-bond donors (Lipinski definition) is 0. The summed E-state index contributed by atoms with van der Waals surface area (Å²) in [4.78, 5) is 30.4. The second-order valence-electron chi connectivity index (χ2n) is 8.97. The highest BCUT2D eigenvalue weighted by Gasteiger charge is 2.41. The van der Waals surface area contributed by atoms with Crippen LogP contribution in [0.15, 0.2) is 33.9 Å². The van der Waals surface area contributed by atoms with Gasteiger partial charge in [0, 0.05) is 25.7 Å². The highest BCUT2D eigenvalue weighted by atomic mass is 19.1. The van der Waals surface area contributed by atoms with Crippen LogP contribution in [0.3, 0.4) is 0 Å². The molecule has 2 aliphatic rings. The van der Waals surface area contributed by atoms with Gasteiger partial charge in [-0.15, -0.1) is 0 Å². The zero-order chi connectivity index (χ0) is 22.1. The molecule has 168 valence electrons. The van der Waals surface area contributed by atoms with Gasteiger partial charge in [0.2, 0.25) is 0 Å². The van der Waals surface area contributed by atoms with Gasteiger partial charge in [-0.05, 0) is 45.1 Å². The molecule has 3 atom stereocenters. The Bertz CT molecular complexity index is 1040. The lowest BCUT2D eigenvalue weighted by atomic mass is 9.99. The first-order chi connectivity index (χ1) is 14.8. The fourth-order valence-corrected chi connectivity index (χ4v) is 4.99. The minimum Gasteiger partial charge on any atom is -0.373 e. The van der Waals surface area contributed by atoms with Gasteiger partial charge < -0.3 is 4.74 Å². The van der Waals surface area contributed by atoms with Crippen LogP contribution in [0.4, 0.5) is 4.39 Å². The first-order valence-electron chi connectivity index (χ1n) is 11.0. The molecular weight excluding hydrogens is 399 g/mol. The molecular formula is C23H31FN4O3. The van der Waals surface area contributed by atoms with Crippen molar-refractivity contribution in [3.05, 3.63) is 62.2 Å².